The highest BCUT2D eigenvalue weighted by atomic mass is 16.5. The predicted octanol–water partition coefficient (Wildman–Crippen LogP) is 3.18. The van der Waals surface area contributed by atoms with Crippen LogP contribution in [0.2, 0.25) is 0 Å². The minimum Gasteiger partial charge on any atom is -0.507 e. The molecule has 0 amide bonds. The van der Waals surface area contributed by atoms with Crippen molar-refractivity contribution in [3.63, 3.8) is 0 Å². The molecule has 0 radical (unpaired) electrons. The molecule has 0 aromatic heterocycles. The molecule has 0 spiro atoms. The second kappa shape index (κ2) is 7.26. The fourth-order valence-electron chi connectivity index (χ4n) is 1.75. The third kappa shape index (κ3) is 3.85. The number of carbonyl (C=O) groups excluding carboxylic acids is 2. The van der Waals surface area contributed by atoms with Crippen molar-refractivity contribution in [2.75, 3.05) is 6.61 Å². The van der Waals surface area contributed by atoms with Crippen LogP contribution < -0.4 is 4.74 Å². The number of hydrogen-bond donors (Lipinski definition) is 1. The maximum absolute atomic E-state index is 11.9. The molecule has 0 aliphatic heterocycles. The van der Waals surface area contributed by atoms with Gasteiger partial charge in [-0.25, -0.2) is 9.59 Å². The van der Waals surface area contributed by atoms with E-state index in [9.17, 15) is 14.7 Å². The van der Waals surface area contributed by atoms with Crippen molar-refractivity contribution in [2.45, 2.75) is 13.3 Å². The molecule has 5 heteroatoms. The molecular formula is C17H16O5. The second-order valence-electron chi connectivity index (χ2n) is 4.57. The lowest BCUT2D eigenvalue weighted by atomic mass is 10.2. The van der Waals surface area contributed by atoms with E-state index >= 15 is 0 Å². The lowest BCUT2D eigenvalue weighted by molar-refractivity contribution is 0.0505. The monoisotopic (exact) mass is 300 g/mol. The molecular weight excluding hydrogens is 284 g/mol. The van der Waals surface area contributed by atoms with Crippen LogP contribution in [0.15, 0.2) is 48.5 Å². The maximum Gasteiger partial charge on any atom is 0.347 e. The van der Waals surface area contributed by atoms with Gasteiger partial charge in [0, 0.05) is 0 Å². The third-order valence-corrected chi connectivity index (χ3v) is 2.86. The van der Waals surface area contributed by atoms with Crippen LogP contribution in [0, 0.1) is 0 Å². The Morgan fingerprint density at radius 2 is 1.68 bits per heavy atom. The van der Waals surface area contributed by atoms with E-state index in [0.29, 0.717) is 12.2 Å². The SMILES string of the molecule is CCCOC(=O)c1ccc(OC(=O)c2ccccc2O)cc1. The lowest BCUT2D eigenvalue weighted by Crippen LogP contribution is -2.09. The van der Waals surface area contributed by atoms with Gasteiger partial charge in [-0.05, 0) is 42.8 Å². The fourth-order valence-corrected chi connectivity index (χ4v) is 1.75. The van der Waals surface area contributed by atoms with Gasteiger partial charge in [0.15, 0.2) is 0 Å². The van der Waals surface area contributed by atoms with Gasteiger partial charge in [-0.1, -0.05) is 19.1 Å². The highest BCUT2D eigenvalue weighted by Crippen LogP contribution is 2.19. The third-order valence-electron chi connectivity index (χ3n) is 2.86. The van der Waals surface area contributed by atoms with Crippen LogP contribution in [0.25, 0.3) is 0 Å². The first-order valence-corrected chi connectivity index (χ1v) is 6.89. The first kappa shape index (κ1) is 15.6. The fraction of sp³-hybridized carbons (Fsp3) is 0.176. The summed E-state index contributed by atoms with van der Waals surface area (Å²) in [5, 5.41) is 9.60. The van der Waals surface area contributed by atoms with Crippen molar-refractivity contribution < 1.29 is 24.2 Å². The Morgan fingerprint density at radius 1 is 1.00 bits per heavy atom. The summed E-state index contributed by atoms with van der Waals surface area (Å²) >= 11 is 0. The Hall–Kier alpha value is -2.82. The summed E-state index contributed by atoms with van der Waals surface area (Å²) in [5.41, 5.74) is 0.463. The minimum absolute atomic E-state index is 0.0777. The zero-order chi connectivity index (χ0) is 15.9. The van der Waals surface area contributed by atoms with Crippen molar-refractivity contribution in [2.24, 2.45) is 0 Å². The number of para-hydroxylation sites is 1. The molecule has 0 unspecified atom stereocenters. The smallest absolute Gasteiger partial charge is 0.347 e. The Morgan fingerprint density at radius 3 is 2.32 bits per heavy atom. The number of carbonyl (C=O) groups is 2. The van der Waals surface area contributed by atoms with E-state index < -0.39 is 11.9 Å². The van der Waals surface area contributed by atoms with Gasteiger partial charge in [-0.2, -0.15) is 0 Å². The normalized spacial score (nSPS) is 10.0. The molecule has 0 aliphatic carbocycles. The number of hydrogen-bond acceptors (Lipinski definition) is 5. The van der Waals surface area contributed by atoms with Crippen molar-refractivity contribution in [3.05, 3.63) is 59.7 Å². The molecule has 1 N–H and O–H groups in total. The molecule has 0 heterocycles. The Bertz CT molecular complexity index is 661. The molecule has 0 saturated carbocycles. The van der Waals surface area contributed by atoms with Gasteiger partial charge in [0.2, 0.25) is 0 Å². The molecule has 114 valence electrons. The zero-order valence-electron chi connectivity index (χ0n) is 12.1. The molecule has 5 nitrogen and oxygen atoms in total. The van der Waals surface area contributed by atoms with Gasteiger partial charge >= 0.3 is 11.9 Å². The van der Waals surface area contributed by atoms with Gasteiger partial charge in [0.25, 0.3) is 0 Å². The molecule has 0 saturated heterocycles. The Kier molecular flexibility index (Phi) is 5.14. The van der Waals surface area contributed by atoms with Gasteiger partial charge in [0.05, 0.1) is 12.2 Å². The van der Waals surface area contributed by atoms with Crippen molar-refractivity contribution >= 4 is 11.9 Å². The standard InChI is InChI=1S/C17H16O5/c1-2-11-21-16(19)12-7-9-13(10-8-12)22-17(20)14-5-3-4-6-15(14)18/h3-10,18H,2,11H2,1H3. The number of ether oxygens (including phenoxy) is 2. The first-order valence-electron chi connectivity index (χ1n) is 6.89. The molecule has 0 aliphatic rings. The topological polar surface area (TPSA) is 72.8 Å². The quantitative estimate of drug-likeness (QED) is 0.678. The Balaban J connectivity index is 2.04. The average molecular weight is 300 g/mol. The first-order chi connectivity index (χ1) is 10.6. The largest absolute Gasteiger partial charge is 0.507 e. The van der Waals surface area contributed by atoms with Crippen LogP contribution in [-0.4, -0.2) is 23.7 Å². The number of rotatable bonds is 5. The summed E-state index contributed by atoms with van der Waals surface area (Å²) in [7, 11) is 0. The average Bonchev–Trinajstić information content (AvgIpc) is 2.53. The number of benzene rings is 2. The highest BCUT2D eigenvalue weighted by Gasteiger charge is 2.13. The number of esters is 2. The van der Waals surface area contributed by atoms with Gasteiger partial charge in [-0.15, -0.1) is 0 Å². The van der Waals surface area contributed by atoms with Crippen LogP contribution in [0.1, 0.15) is 34.1 Å². The van der Waals surface area contributed by atoms with Crippen LogP contribution in [-0.2, 0) is 4.74 Å². The summed E-state index contributed by atoms with van der Waals surface area (Å²) in [5.74, 6) is -0.951. The summed E-state index contributed by atoms with van der Waals surface area (Å²) in [6, 6.07) is 12.2. The van der Waals surface area contributed by atoms with E-state index in [-0.39, 0.29) is 17.1 Å². The number of phenolic OH excluding ortho intramolecular Hbond substituents is 1. The molecule has 0 bridgehead atoms. The second-order valence-corrected chi connectivity index (χ2v) is 4.57. The summed E-state index contributed by atoms with van der Waals surface area (Å²) in [6.07, 6.45) is 0.752. The van der Waals surface area contributed by atoms with E-state index in [4.69, 9.17) is 9.47 Å². The van der Waals surface area contributed by atoms with Crippen molar-refractivity contribution in [1.82, 2.24) is 0 Å². The van der Waals surface area contributed by atoms with Gasteiger partial charge in [-0.3, -0.25) is 0 Å². The highest BCUT2D eigenvalue weighted by molar-refractivity contribution is 5.94. The van der Waals surface area contributed by atoms with Crippen LogP contribution in [0.4, 0.5) is 0 Å². The van der Waals surface area contributed by atoms with E-state index in [1.54, 1.807) is 12.1 Å². The van der Waals surface area contributed by atoms with E-state index in [1.165, 1.54) is 36.4 Å². The minimum atomic E-state index is -0.667. The van der Waals surface area contributed by atoms with Crippen molar-refractivity contribution in [1.29, 1.82) is 0 Å². The van der Waals surface area contributed by atoms with Crippen LogP contribution in [0.3, 0.4) is 0 Å². The summed E-state index contributed by atoms with van der Waals surface area (Å²) < 4.78 is 10.1. The lowest BCUT2D eigenvalue weighted by Gasteiger charge is -2.07. The van der Waals surface area contributed by atoms with E-state index in [1.807, 2.05) is 6.92 Å². The van der Waals surface area contributed by atoms with Gasteiger partial charge in [0.1, 0.15) is 17.1 Å². The Labute approximate surface area is 128 Å². The van der Waals surface area contributed by atoms with Gasteiger partial charge < -0.3 is 14.6 Å². The zero-order valence-corrected chi connectivity index (χ0v) is 12.1. The van der Waals surface area contributed by atoms with Crippen LogP contribution in [0.5, 0.6) is 11.5 Å². The summed E-state index contributed by atoms with van der Waals surface area (Å²) in [6.45, 7) is 2.28. The molecule has 2 aromatic carbocycles. The van der Waals surface area contributed by atoms with E-state index in [2.05, 4.69) is 0 Å². The molecule has 2 rings (SSSR count). The van der Waals surface area contributed by atoms with Crippen molar-refractivity contribution in [3.8, 4) is 11.5 Å². The summed E-state index contributed by atoms with van der Waals surface area (Å²) in [4.78, 5) is 23.6. The predicted molar refractivity (Wildman–Crippen MR) is 80.1 cm³/mol. The van der Waals surface area contributed by atoms with E-state index in [0.717, 1.165) is 6.42 Å². The molecule has 0 atom stereocenters. The molecule has 2 aromatic rings. The molecule has 0 fully saturated rings. The van der Waals surface area contributed by atoms with Crippen LogP contribution >= 0.6 is 0 Å². The maximum atomic E-state index is 11.9. The number of phenols is 1. The number of aromatic hydroxyl groups is 1. The molecule has 22 heavy (non-hydrogen) atoms.